The topological polar surface area (TPSA) is 65.2 Å². The zero-order chi connectivity index (χ0) is 8.97. The van der Waals surface area contributed by atoms with Crippen LogP contribution in [0.15, 0.2) is 18.3 Å². The Kier molecular flexibility index (Phi) is 2.63. The van der Waals surface area contributed by atoms with Gasteiger partial charge in [-0.3, -0.25) is 4.79 Å². The smallest absolute Gasteiger partial charge is 0.250 e. The van der Waals surface area contributed by atoms with Crippen LogP contribution < -0.4 is 10.5 Å². The predicted octanol–water partition coefficient (Wildman–Crippen LogP) is 0.579. The van der Waals surface area contributed by atoms with Gasteiger partial charge in [-0.1, -0.05) is 0 Å². The number of hydrogen-bond donors (Lipinski definition) is 1. The minimum Gasteiger partial charge on any atom is -0.478 e. The van der Waals surface area contributed by atoms with Crippen LogP contribution in [0.5, 0.6) is 5.88 Å². The number of hydrogen-bond acceptors (Lipinski definition) is 3. The summed E-state index contributed by atoms with van der Waals surface area (Å²) in [4.78, 5) is 14.5. The molecule has 0 unspecified atom stereocenters. The van der Waals surface area contributed by atoms with Gasteiger partial charge in [-0.05, 0) is 13.0 Å². The molecule has 0 aliphatic rings. The van der Waals surface area contributed by atoms with Gasteiger partial charge in [-0.2, -0.15) is 0 Å². The lowest BCUT2D eigenvalue weighted by Gasteiger charge is -2.00. The molecule has 1 rings (SSSR count). The van der Waals surface area contributed by atoms with E-state index in [4.69, 9.17) is 10.5 Å². The van der Waals surface area contributed by atoms with Crippen LogP contribution in [-0.4, -0.2) is 17.5 Å². The normalized spacial score (nSPS) is 9.42. The van der Waals surface area contributed by atoms with Crippen LogP contribution in [-0.2, 0) is 0 Å². The van der Waals surface area contributed by atoms with Gasteiger partial charge in [-0.15, -0.1) is 0 Å². The Morgan fingerprint density at radius 1 is 1.67 bits per heavy atom. The first-order valence-electron chi connectivity index (χ1n) is 3.62. The number of nitrogens with zero attached hydrogens (tertiary/aromatic N) is 1. The molecular formula is C8H10N2O2. The van der Waals surface area contributed by atoms with E-state index in [1.54, 1.807) is 12.1 Å². The van der Waals surface area contributed by atoms with Crippen LogP contribution in [0.4, 0.5) is 0 Å². The molecular weight excluding hydrogens is 156 g/mol. The standard InChI is InChI=1S/C8H10N2O2/c1-2-12-7-4-3-6(5-10-7)8(9)11/h3-5H,2H2,1H3,(H2,9,11). The molecule has 0 aromatic carbocycles. The van der Waals surface area contributed by atoms with E-state index in [0.29, 0.717) is 18.1 Å². The highest BCUT2D eigenvalue weighted by atomic mass is 16.5. The molecule has 0 spiro atoms. The van der Waals surface area contributed by atoms with Crippen LogP contribution >= 0.6 is 0 Å². The van der Waals surface area contributed by atoms with Crippen LogP contribution in [0.3, 0.4) is 0 Å². The largest absolute Gasteiger partial charge is 0.478 e. The third-order valence-electron chi connectivity index (χ3n) is 1.31. The Balaban J connectivity index is 2.78. The molecule has 0 radical (unpaired) electrons. The van der Waals surface area contributed by atoms with E-state index in [1.807, 2.05) is 6.92 Å². The lowest BCUT2D eigenvalue weighted by atomic mass is 10.3. The molecule has 1 aromatic heterocycles. The average molecular weight is 166 g/mol. The van der Waals surface area contributed by atoms with E-state index in [9.17, 15) is 4.79 Å². The second kappa shape index (κ2) is 3.71. The molecule has 0 aliphatic heterocycles. The third-order valence-corrected chi connectivity index (χ3v) is 1.31. The summed E-state index contributed by atoms with van der Waals surface area (Å²) in [5.41, 5.74) is 5.41. The van der Waals surface area contributed by atoms with Crippen molar-refractivity contribution in [3.63, 3.8) is 0 Å². The van der Waals surface area contributed by atoms with Gasteiger partial charge in [0.25, 0.3) is 0 Å². The highest BCUT2D eigenvalue weighted by Gasteiger charge is 2.00. The van der Waals surface area contributed by atoms with Crippen LogP contribution in [0.1, 0.15) is 17.3 Å². The van der Waals surface area contributed by atoms with Gasteiger partial charge < -0.3 is 10.5 Å². The minimum atomic E-state index is -0.481. The Hall–Kier alpha value is -1.58. The van der Waals surface area contributed by atoms with E-state index < -0.39 is 5.91 Å². The molecule has 2 N–H and O–H groups in total. The number of primary amides is 1. The van der Waals surface area contributed by atoms with Gasteiger partial charge >= 0.3 is 0 Å². The first-order chi connectivity index (χ1) is 5.74. The first kappa shape index (κ1) is 8.52. The molecule has 4 heteroatoms. The maximum Gasteiger partial charge on any atom is 0.250 e. The van der Waals surface area contributed by atoms with Gasteiger partial charge in [0.15, 0.2) is 0 Å². The van der Waals surface area contributed by atoms with Crippen molar-refractivity contribution < 1.29 is 9.53 Å². The van der Waals surface area contributed by atoms with E-state index in [1.165, 1.54) is 6.20 Å². The van der Waals surface area contributed by atoms with Crippen molar-refractivity contribution in [2.45, 2.75) is 6.92 Å². The fraction of sp³-hybridized carbons (Fsp3) is 0.250. The van der Waals surface area contributed by atoms with Crippen molar-refractivity contribution in [2.75, 3.05) is 6.61 Å². The van der Waals surface area contributed by atoms with Crippen LogP contribution in [0.2, 0.25) is 0 Å². The molecule has 64 valence electrons. The molecule has 0 atom stereocenters. The summed E-state index contributed by atoms with van der Waals surface area (Å²) in [6, 6.07) is 3.20. The summed E-state index contributed by atoms with van der Waals surface area (Å²) in [5, 5.41) is 0. The average Bonchev–Trinajstić information content (AvgIpc) is 2.06. The van der Waals surface area contributed by atoms with Crippen molar-refractivity contribution in [2.24, 2.45) is 5.73 Å². The number of carbonyl (C=O) groups excluding carboxylic acids is 1. The Bertz CT molecular complexity index is 269. The maximum absolute atomic E-state index is 10.6. The van der Waals surface area contributed by atoms with Crippen molar-refractivity contribution >= 4 is 5.91 Å². The van der Waals surface area contributed by atoms with Gasteiger partial charge in [-0.25, -0.2) is 4.98 Å². The van der Waals surface area contributed by atoms with Crippen molar-refractivity contribution in [1.29, 1.82) is 0 Å². The molecule has 0 saturated carbocycles. The van der Waals surface area contributed by atoms with E-state index in [-0.39, 0.29) is 0 Å². The summed E-state index contributed by atoms with van der Waals surface area (Å²) < 4.78 is 5.08. The highest BCUT2D eigenvalue weighted by molar-refractivity contribution is 5.92. The molecule has 1 aromatic rings. The zero-order valence-electron chi connectivity index (χ0n) is 6.78. The molecule has 0 aliphatic carbocycles. The Morgan fingerprint density at radius 2 is 2.42 bits per heavy atom. The maximum atomic E-state index is 10.6. The summed E-state index contributed by atoms with van der Waals surface area (Å²) in [5.74, 6) is 0.0213. The SMILES string of the molecule is CCOc1ccc(C(N)=O)cn1. The third kappa shape index (κ3) is 1.95. The molecule has 0 saturated heterocycles. The molecule has 1 heterocycles. The molecule has 0 fully saturated rings. The van der Waals surface area contributed by atoms with Gasteiger partial charge in [0, 0.05) is 12.3 Å². The highest BCUT2D eigenvalue weighted by Crippen LogP contribution is 2.06. The second-order valence-corrected chi connectivity index (χ2v) is 2.18. The van der Waals surface area contributed by atoms with Crippen molar-refractivity contribution in [1.82, 2.24) is 4.98 Å². The van der Waals surface area contributed by atoms with Gasteiger partial charge in [0.2, 0.25) is 11.8 Å². The summed E-state index contributed by atoms with van der Waals surface area (Å²) in [6.45, 7) is 2.42. The van der Waals surface area contributed by atoms with Crippen molar-refractivity contribution in [3.8, 4) is 5.88 Å². The zero-order valence-corrected chi connectivity index (χ0v) is 6.78. The van der Waals surface area contributed by atoms with Gasteiger partial charge in [0.05, 0.1) is 12.2 Å². The Labute approximate surface area is 70.4 Å². The number of amides is 1. The molecule has 4 nitrogen and oxygen atoms in total. The molecule has 0 bridgehead atoms. The fourth-order valence-corrected chi connectivity index (χ4v) is 0.759. The Morgan fingerprint density at radius 3 is 2.83 bits per heavy atom. The van der Waals surface area contributed by atoms with Crippen molar-refractivity contribution in [3.05, 3.63) is 23.9 Å². The quantitative estimate of drug-likeness (QED) is 0.714. The number of nitrogens with two attached hydrogens (primary N) is 1. The van der Waals surface area contributed by atoms with Crippen LogP contribution in [0, 0.1) is 0 Å². The van der Waals surface area contributed by atoms with E-state index >= 15 is 0 Å². The molecule has 1 amide bonds. The number of carbonyl (C=O) groups is 1. The summed E-state index contributed by atoms with van der Waals surface area (Å²) in [7, 11) is 0. The minimum absolute atomic E-state index is 0.387. The molecule has 12 heavy (non-hydrogen) atoms. The number of aromatic nitrogens is 1. The van der Waals surface area contributed by atoms with Gasteiger partial charge in [0.1, 0.15) is 0 Å². The van der Waals surface area contributed by atoms with Crippen LogP contribution in [0.25, 0.3) is 0 Å². The number of ether oxygens (including phenoxy) is 1. The number of rotatable bonds is 3. The predicted molar refractivity (Wildman–Crippen MR) is 43.9 cm³/mol. The van der Waals surface area contributed by atoms with E-state index in [0.717, 1.165) is 0 Å². The second-order valence-electron chi connectivity index (χ2n) is 2.18. The summed E-state index contributed by atoms with van der Waals surface area (Å²) >= 11 is 0. The number of pyridine rings is 1. The lowest BCUT2D eigenvalue weighted by molar-refractivity contribution is 0.1000. The van der Waals surface area contributed by atoms with E-state index in [2.05, 4.69) is 4.98 Å². The fourth-order valence-electron chi connectivity index (χ4n) is 0.759. The summed E-state index contributed by atoms with van der Waals surface area (Å²) in [6.07, 6.45) is 1.40. The lowest BCUT2D eigenvalue weighted by Crippen LogP contribution is -2.11. The first-order valence-corrected chi connectivity index (χ1v) is 3.62. The monoisotopic (exact) mass is 166 g/mol.